The third-order valence-electron chi connectivity index (χ3n) is 4.86. The van der Waals surface area contributed by atoms with Crippen LogP contribution in [0.3, 0.4) is 0 Å². The number of benzene rings is 1. The van der Waals surface area contributed by atoms with E-state index in [0.29, 0.717) is 31.5 Å². The van der Waals surface area contributed by atoms with E-state index in [1.165, 1.54) is 11.1 Å². The summed E-state index contributed by atoms with van der Waals surface area (Å²) in [5.74, 6) is 2.61. The second-order valence-corrected chi connectivity index (χ2v) is 6.97. The minimum atomic E-state index is -0.0816. The third kappa shape index (κ3) is 5.71. The molecule has 1 aliphatic carbocycles. The fourth-order valence-electron chi connectivity index (χ4n) is 3.39. The van der Waals surface area contributed by atoms with Crippen LogP contribution in [0.1, 0.15) is 43.2 Å². The molecule has 2 aromatic rings. The molecule has 0 spiro atoms. The zero-order valence-electron chi connectivity index (χ0n) is 16.1. The topological polar surface area (TPSA) is 60.5 Å². The van der Waals surface area contributed by atoms with Gasteiger partial charge in [0.2, 0.25) is 0 Å². The molecule has 2 atom stereocenters. The number of pyridine rings is 1. The van der Waals surface area contributed by atoms with Gasteiger partial charge in [-0.3, -0.25) is 4.79 Å². The van der Waals surface area contributed by atoms with Gasteiger partial charge in [0, 0.05) is 19.2 Å². The molecule has 1 fully saturated rings. The van der Waals surface area contributed by atoms with Crippen molar-refractivity contribution in [3.05, 3.63) is 53.7 Å². The maximum atomic E-state index is 11.6. The van der Waals surface area contributed by atoms with Crippen molar-refractivity contribution >= 4 is 11.8 Å². The minimum Gasteiger partial charge on any atom is -0.494 e. The zero-order chi connectivity index (χ0) is 19.1. The number of aryl methyl sites for hydroxylation is 1. The number of rotatable bonds is 10. The van der Waals surface area contributed by atoms with Crippen LogP contribution in [0, 0.1) is 12.8 Å². The highest BCUT2D eigenvalue weighted by molar-refractivity contribution is 5.70. The quantitative estimate of drug-likeness (QED) is 0.500. The van der Waals surface area contributed by atoms with E-state index in [0.717, 1.165) is 31.0 Å². The van der Waals surface area contributed by atoms with Gasteiger partial charge in [0.1, 0.15) is 11.6 Å². The second-order valence-electron chi connectivity index (χ2n) is 6.97. The van der Waals surface area contributed by atoms with Crippen molar-refractivity contribution in [1.82, 2.24) is 4.98 Å². The summed E-state index contributed by atoms with van der Waals surface area (Å²) < 4.78 is 10.9. The molecular formula is C22H28N2O3. The van der Waals surface area contributed by atoms with Crippen molar-refractivity contribution in [2.24, 2.45) is 5.92 Å². The molecule has 0 aliphatic heterocycles. The number of carbonyl (C=O) groups excluding carboxylic acids is 1. The molecule has 3 rings (SSSR count). The van der Waals surface area contributed by atoms with Crippen LogP contribution in [-0.2, 0) is 9.53 Å². The number of carbonyl (C=O) groups is 1. The summed E-state index contributed by atoms with van der Waals surface area (Å²) >= 11 is 0. The molecule has 2 unspecified atom stereocenters. The number of nitrogens with one attached hydrogen (secondary N) is 1. The molecule has 1 aromatic carbocycles. The van der Waals surface area contributed by atoms with Crippen molar-refractivity contribution in [2.45, 2.75) is 39.0 Å². The van der Waals surface area contributed by atoms with Crippen molar-refractivity contribution in [3.63, 3.8) is 0 Å². The molecule has 27 heavy (non-hydrogen) atoms. The van der Waals surface area contributed by atoms with Gasteiger partial charge in [-0.2, -0.15) is 0 Å². The predicted octanol–water partition coefficient (Wildman–Crippen LogP) is 4.33. The monoisotopic (exact) mass is 368 g/mol. The van der Waals surface area contributed by atoms with E-state index < -0.39 is 0 Å². The van der Waals surface area contributed by atoms with E-state index in [-0.39, 0.29) is 5.97 Å². The summed E-state index contributed by atoms with van der Waals surface area (Å²) in [6.45, 7) is 5.90. The van der Waals surface area contributed by atoms with Crippen LogP contribution < -0.4 is 10.1 Å². The maximum absolute atomic E-state index is 11.6. The minimum absolute atomic E-state index is 0.0816. The van der Waals surface area contributed by atoms with E-state index >= 15 is 0 Å². The van der Waals surface area contributed by atoms with Crippen molar-refractivity contribution in [2.75, 3.05) is 25.1 Å². The van der Waals surface area contributed by atoms with Gasteiger partial charge in [-0.15, -0.1) is 0 Å². The first kappa shape index (κ1) is 19.2. The molecule has 0 amide bonds. The van der Waals surface area contributed by atoms with Gasteiger partial charge in [0.05, 0.1) is 13.2 Å². The zero-order valence-corrected chi connectivity index (χ0v) is 16.1. The molecule has 1 heterocycles. The van der Waals surface area contributed by atoms with Crippen LogP contribution in [0.15, 0.2) is 42.6 Å². The van der Waals surface area contributed by atoms with Gasteiger partial charge >= 0.3 is 5.97 Å². The maximum Gasteiger partial charge on any atom is 0.306 e. The van der Waals surface area contributed by atoms with Gasteiger partial charge in [0.25, 0.3) is 0 Å². The van der Waals surface area contributed by atoms with E-state index in [1.807, 2.05) is 31.2 Å². The lowest BCUT2D eigenvalue weighted by Crippen LogP contribution is -2.08. The van der Waals surface area contributed by atoms with E-state index in [9.17, 15) is 4.79 Å². The van der Waals surface area contributed by atoms with Crippen LogP contribution in [0.25, 0.3) is 0 Å². The molecule has 0 saturated heterocycles. The number of aromatic nitrogens is 1. The summed E-state index contributed by atoms with van der Waals surface area (Å²) in [5.41, 5.74) is 2.56. The smallest absolute Gasteiger partial charge is 0.306 e. The summed E-state index contributed by atoms with van der Waals surface area (Å²) in [4.78, 5) is 15.9. The Kier molecular flexibility index (Phi) is 6.69. The normalized spacial score (nSPS) is 18.0. The first-order chi connectivity index (χ1) is 13.2. The standard InChI is InChI=1S/C22H28N2O3/c1-3-26-22(25)15-17-14-20(17)19-9-8-18(13-16(19)2)27-12-6-11-24-21-7-4-5-10-23-21/h4-5,7-10,13,17,20H,3,6,11-12,14-15H2,1-2H3,(H,23,24). The van der Waals surface area contributed by atoms with Crippen LogP contribution >= 0.6 is 0 Å². The van der Waals surface area contributed by atoms with Gasteiger partial charge in [0.15, 0.2) is 0 Å². The number of hydrogen-bond acceptors (Lipinski definition) is 5. The van der Waals surface area contributed by atoms with Gasteiger partial charge < -0.3 is 14.8 Å². The van der Waals surface area contributed by atoms with Crippen LogP contribution in [-0.4, -0.2) is 30.7 Å². The third-order valence-corrected chi connectivity index (χ3v) is 4.86. The number of ether oxygens (including phenoxy) is 2. The number of hydrogen-bond donors (Lipinski definition) is 1. The van der Waals surface area contributed by atoms with Crippen molar-refractivity contribution < 1.29 is 14.3 Å². The molecule has 1 N–H and O–H groups in total. The summed E-state index contributed by atoms with van der Waals surface area (Å²) in [5, 5.41) is 3.28. The molecule has 1 aliphatic rings. The molecule has 144 valence electrons. The molecular weight excluding hydrogens is 340 g/mol. The fraction of sp³-hybridized carbons (Fsp3) is 0.455. The lowest BCUT2D eigenvalue weighted by Gasteiger charge is -2.11. The molecule has 1 aromatic heterocycles. The lowest BCUT2D eigenvalue weighted by molar-refractivity contribution is -0.143. The SMILES string of the molecule is CCOC(=O)CC1CC1c1ccc(OCCCNc2ccccn2)cc1C. The Labute approximate surface area is 161 Å². The van der Waals surface area contributed by atoms with Crippen LogP contribution in [0.2, 0.25) is 0 Å². The van der Waals surface area contributed by atoms with E-state index in [4.69, 9.17) is 9.47 Å². The van der Waals surface area contributed by atoms with Crippen LogP contribution in [0.4, 0.5) is 5.82 Å². The molecule has 5 nitrogen and oxygen atoms in total. The molecule has 0 radical (unpaired) electrons. The molecule has 0 bridgehead atoms. The fourth-order valence-corrected chi connectivity index (χ4v) is 3.39. The number of nitrogens with zero attached hydrogens (tertiary/aromatic N) is 1. The van der Waals surface area contributed by atoms with Gasteiger partial charge in [-0.25, -0.2) is 4.98 Å². The van der Waals surface area contributed by atoms with Crippen molar-refractivity contribution in [3.8, 4) is 5.75 Å². The summed E-state index contributed by atoms with van der Waals surface area (Å²) in [6.07, 6.45) is 4.28. The van der Waals surface area contributed by atoms with Gasteiger partial charge in [-0.1, -0.05) is 12.1 Å². The Morgan fingerprint density at radius 3 is 2.93 bits per heavy atom. The Morgan fingerprint density at radius 2 is 2.19 bits per heavy atom. The molecule has 1 saturated carbocycles. The first-order valence-corrected chi connectivity index (χ1v) is 9.71. The first-order valence-electron chi connectivity index (χ1n) is 9.71. The van der Waals surface area contributed by atoms with Gasteiger partial charge in [-0.05, 0) is 73.9 Å². The Balaban J connectivity index is 1.40. The van der Waals surface area contributed by atoms with E-state index in [2.05, 4.69) is 29.4 Å². The Hall–Kier alpha value is -2.56. The van der Waals surface area contributed by atoms with E-state index in [1.54, 1.807) is 6.20 Å². The molecule has 5 heteroatoms. The number of anilines is 1. The highest BCUT2D eigenvalue weighted by Crippen LogP contribution is 2.50. The highest BCUT2D eigenvalue weighted by atomic mass is 16.5. The summed E-state index contributed by atoms with van der Waals surface area (Å²) in [7, 11) is 0. The van der Waals surface area contributed by atoms with Crippen molar-refractivity contribution in [1.29, 1.82) is 0 Å². The second kappa shape index (κ2) is 9.40. The predicted molar refractivity (Wildman–Crippen MR) is 106 cm³/mol. The average Bonchev–Trinajstić information content (AvgIpc) is 3.41. The number of esters is 1. The Morgan fingerprint density at radius 1 is 1.30 bits per heavy atom. The lowest BCUT2D eigenvalue weighted by atomic mass is 10.0. The van der Waals surface area contributed by atoms with Crippen LogP contribution in [0.5, 0.6) is 5.75 Å². The largest absolute Gasteiger partial charge is 0.494 e. The summed E-state index contributed by atoms with van der Waals surface area (Å²) in [6, 6.07) is 12.1. The Bertz CT molecular complexity index is 748. The highest BCUT2D eigenvalue weighted by Gasteiger charge is 2.40. The average molecular weight is 368 g/mol.